The van der Waals surface area contributed by atoms with Crippen molar-refractivity contribution >= 4 is 28.2 Å². The highest BCUT2D eigenvalue weighted by atomic mass is 35.5. The summed E-state index contributed by atoms with van der Waals surface area (Å²) in [5, 5.41) is 5.26. The molecule has 2 heterocycles. The van der Waals surface area contributed by atoms with E-state index in [2.05, 4.69) is 17.2 Å². The summed E-state index contributed by atoms with van der Waals surface area (Å²) in [6.45, 7) is 2.17. The first-order valence-electron chi connectivity index (χ1n) is 7.06. The molecular weight excluding hydrogens is 284 g/mol. The molecule has 0 aliphatic carbocycles. The van der Waals surface area contributed by atoms with Gasteiger partial charge in [0.05, 0.1) is 16.8 Å². The molecule has 0 aliphatic heterocycles. The lowest BCUT2D eigenvalue weighted by Gasteiger charge is -2.16. The predicted octanol–water partition coefficient (Wildman–Crippen LogP) is 4.91. The molecule has 0 spiro atoms. The Kier molecular flexibility index (Phi) is 4.11. The van der Waals surface area contributed by atoms with E-state index in [-0.39, 0.29) is 0 Å². The maximum Gasteiger partial charge on any atom is 0.103 e. The average molecular weight is 301 g/mol. The minimum absolute atomic E-state index is 0.333. The number of fused-ring (bicyclic) bond motifs is 1. The number of rotatable bonds is 5. The molecule has 0 amide bonds. The van der Waals surface area contributed by atoms with Gasteiger partial charge in [-0.15, -0.1) is 0 Å². The summed E-state index contributed by atoms with van der Waals surface area (Å²) < 4.78 is 5.36. The summed E-state index contributed by atoms with van der Waals surface area (Å²) in [5.74, 6) is 1.02. The van der Waals surface area contributed by atoms with Gasteiger partial charge in [0.1, 0.15) is 5.76 Å². The number of hydrogen-bond acceptors (Lipinski definition) is 3. The number of nitrogens with zero attached hydrogens (tertiary/aromatic N) is 1. The summed E-state index contributed by atoms with van der Waals surface area (Å²) in [4.78, 5) is 4.35. The van der Waals surface area contributed by atoms with E-state index in [1.165, 1.54) is 0 Å². The highest BCUT2D eigenvalue weighted by Gasteiger charge is 2.09. The smallest absolute Gasteiger partial charge is 0.103 e. The minimum Gasteiger partial charge on any atom is -0.469 e. The van der Waals surface area contributed by atoms with Gasteiger partial charge in [0.15, 0.2) is 0 Å². The van der Waals surface area contributed by atoms with Crippen LogP contribution >= 0.6 is 11.6 Å². The Morgan fingerprint density at radius 3 is 2.95 bits per heavy atom. The molecular formula is C17H17ClN2O. The van der Waals surface area contributed by atoms with Gasteiger partial charge in [-0.25, -0.2) is 0 Å². The lowest BCUT2D eigenvalue weighted by atomic mass is 10.1. The van der Waals surface area contributed by atoms with Gasteiger partial charge in [-0.3, -0.25) is 4.98 Å². The summed E-state index contributed by atoms with van der Waals surface area (Å²) >= 11 is 6.19. The van der Waals surface area contributed by atoms with Crippen molar-refractivity contribution in [1.29, 1.82) is 0 Å². The monoisotopic (exact) mass is 300 g/mol. The van der Waals surface area contributed by atoms with Crippen LogP contribution in [0.25, 0.3) is 10.9 Å². The second-order valence-electron chi connectivity index (χ2n) is 5.16. The van der Waals surface area contributed by atoms with Crippen LogP contribution in [0.3, 0.4) is 0 Å². The number of aryl methyl sites for hydroxylation is 1. The molecule has 0 radical (unpaired) electrons. The molecule has 1 unspecified atom stereocenters. The standard InChI is InChI=1S/C17H17ClN2O/c1-12(6-7-13-4-3-11-21-13)20-16-9-8-15(18)17-14(16)5-2-10-19-17/h2-5,8-12,20H,6-7H2,1H3. The Hall–Kier alpha value is -2.00. The molecule has 0 saturated carbocycles. The van der Waals surface area contributed by atoms with Gasteiger partial charge in [0.25, 0.3) is 0 Å². The first kappa shape index (κ1) is 14.0. The summed E-state index contributed by atoms with van der Waals surface area (Å²) in [6, 6.07) is 12.1. The lowest BCUT2D eigenvalue weighted by molar-refractivity contribution is 0.495. The highest BCUT2D eigenvalue weighted by molar-refractivity contribution is 6.35. The average Bonchev–Trinajstić information content (AvgIpc) is 3.02. The fourth-order valence-corrected chi connectivity index (χ4v) is 2.63. The fourth-order valence-electron chi connectivity index (χ4n) is 2.42. The van der Waals surface area contributed by atoms with Crippen LogP contribution in [0.5, 0.6) is 0 Å². The SMILES string of the molecule is CC(CCc1ccco1)Nc1ccc(Cl)c2ncccc12. The van der Waals surface area contributed by atoms with Crippen molar-refractivity contribution in [2.45, 2.75) is 25.8 Å². The molecule has 4 heteroatoms. The number of nitrogens with one attached hydrogen (secondary N) is 1. The maximum atomic E-state index is 6.19. The third-order valence-corrected chi connectivity index (χ3v) is 3.83. The zero-order valence-corrected chi connectivity index (χ0v) is 12.6. The van der Waals surface area contributed by atoms with E-state index in [9.17, 15) is 0 Å². The summed E-state index contributed by atoms with van der Waals surface area (Å²) in [6.07, 6.45) is 5.40. The van der Waals surface area contributed by atoms with Crippen molar-refractivity contribution < 1.29 is 4.42 Å². The Morgan fingerprint density at radius 2 is 2.14 bits per heavy atom. The highest BCUT2D eigenvalue weighted by Crippen LogP contribution is 2.28. The van der Waals surface area contributed by atoms with Crippen molar-refractivity contribution in [1.82, 2.24) is 4.98 Å². The molecule has 1 aromatic carbocycles. The van der Waals surface area contributed by atoms with E-state index < -0.39 is 0 Å². The Labute approximate surface area is 128 Å². The number of anilines is 1. The van der Waals surface area contributed by atoms with Crippen molar-refractivity contribution in [3.63, 3.8) is 0 Å². The Morgan fingerprint density at radius 1 is 1.24 bits per heavy atom. The van der Waals surface area contributed by atoms with E-state index in [0.29, 0.717) is 11.1 Å². The number of aromatic nitrogens is 1. The largest absolute Gasteiger partial charge is 0.469 e. The van der Waals surface area contributed by atoms with Crippen LogP contribution in [0.4, 0.5) is 5.69 Å². The lowest BCUT2D eigenvalue weighted by Crippen LogP contribution is -2.16. The van der Waals surface area contributed by atoms with Crippen molar-refractivity contribution in [2.75, 3.05) is 5.32 Å². The zero-order chi connectivity index (χ0) is 14.7. The number of benzene rings is 1. The molecule has 0 aliphatic rings. The second-order valence-corrected chi connectivity index (χ2v) is 5.57. The Balaban J connectivity index is 1.74. The quantitative estimate of drug-likeness (QED) is 0.727. The van der Waals surface area contributed by atoms with E-state index >= 15 is 0 Å². The maximum absolute atomic E-state index is 6.19. The van der Waals surface area contributed by atoms with Crippen LogP contribution in [0.1, 0.15) is 19.1 Å². The van der Waals surface area contributed by atoms with E-state index in [1.54, 1.807) is 12.5 Å². The number of pyridine rings is 1. The molecule has 1 N–H and O–H groups in total. The molecule has 2 aromatic heterocycles. The van der Waals surface area contributed by atoms with Crippen LogP contribution in [0, 0.1) is 0 Å². The molecule has 0 bridgehead atoms. The summed E-state index contributed by atoms with van der Waals surface area (Å²) in [7, 11) is 0. The van der Waals surface area contributed by atoms with Gasteiger partial charge in [-0.2, -0.15) is 0 Å². The molecule has 21 heavy (non-hydrogen) atoms. The van der Waals surface area contributed by atoms with Gasteiger partial charge < -0.3 is 9.73 Å². The van der Waals surface area contributed by atoms with Crippen molar-refractivity contribution in [3.8, 4) is 0 Å². The van der Waals surface area contributed by atoms with Gasteiger partial charge in [0.2, 0.25) is 0 Å². The van der Waals surface area contributed by atoms with E-state index in [1.807, 2.05) is 36.4 Å². The number of hydrogen-bond donors (Lipinski definition) is 1. The fraction of sp³-hybridized carbons (Fsp3) is 0.235. The first-order valence-corrected chi connectivity index (χ1v) is 7.44. The third-order valence-electron chi connectivity index (χ3n) is 3.53. The van der Waals surface area contributed by atoms with Gasteiger partial charge in [0, 0.05) is 29.7 Å². The normalized spacial score (nSPS) is 12.5. The molecule has 3 aromatic rings. The van der Waals surface area contributed by atoms with Gasteiger partial charge >= 0.3 is 0 Å². The number of halogens is 1. The van der Waals surface area contributed by atoms with Crippen LogP contribution in [-0.4, -0.2) is 11.0 Å². The van der Waals surface area contributed by atoms with Gasteiger partial charge in [-0.1, -0.05) is 11.6 Å². The molecule has 0 fully saturated rings. The second kappa shape index (κ2) is 6.19. The van der Waals surface area contributed by atoms with Crippen molar-refractivity contribution in [3.05, 3.63) is 59.6 Å². The number of furan rings is 1. The topological polar surface area (TPSA) is 38.1 Å². The van der Waals surface area contributed by atoms with Crippen LogP contribution < -0.4 is 5.32 Å². The molecule has 108 valence electrons. The molecule has 1 atom stereocenters. The third kappa shape index (κ3) is 3.19. The first-order chi connectivity index (χ1) is 10.2. The predicted molar refractivity (Wildman–Crippen MR) is 86.9 cm³/mol. The van der Waals surface area contributed by atoms with Crippen molar-refractivity contribution in [2.24, 2.45) is 0 Å². The van der Waals surface area contributed by atoms with Crippen LogP contribution in [0.2, 0.25) is 5.02 Å². The summed E-state index contributed by atoms with van der Waals surface area (Å²) in [5.41, 5.74) is 1.90. The minimum atomic E-state index is 0.333. The molecule has 0 saturated heterocycles. The molecule has 3 nitrogen and oxygen atoms in total. The van der Waals surface area contributed by atoms with E-state index in [0.717, 1.165) is 35.2 Å². The van der Waals surface area contributed by atoms with E-state index in [4.69, 9.17) is 16.0 Å². The van der Waals surface area contributed by atoms with Gasteiger partial charge in [-0.05, 0) is 49.7 Å². The van der Waals surface area contributed by atoms with Crippen LogP contribution in [-0.2, 0) is 6.42 Å². The van der Waals surface area contributed by atoms with Crippen LogP contribution in [0.15, 0.2) is 53.3 Å². The Bertz CT molecular complexity index is 725. The molecule has 3 rings (SSSR count). The zero-order valence-electron chi connectivity index (χ0n) is 11.8.